The third-order valence-electron chi connectivity index (χ3n) is 6.74. The molecule has 14 heteroatoms. The molecule has 0 aromatic heterocycles. The van der Waals surface area contributed by atoms with Gasteiger partial charge in [0.1, 0.15) is 42.5 Å². The first kappa shape index (κ1) is 35.5. The Morgan fingerprint density at radius 1 is 1.21 bits per heavy atom. The van der Waals surface area contributed by atoms with Gasteiger partial charge in [-0.2, -0.15) is 8.78 Å². The topological polar surface area (TPSA) is 158 Å². The van der Waals surface area contributed by atoms with Crippen molar-refractivity contribution in [2.24, 2.45) is 22.6 Å². The van der Waals surface area contributed by atoms with Gasteiger partial charge in [0.05, 0.1) is 11.5 Å². The maximum absolute atomic E-state index is 14.7. The first-order chi connectivity index (χ1) is 19.8. The van der Waals surface area contributed by atoms with Crippen molar-refractivity contribution in [3.8, 4) is 0 Å². The summed E-state index contributed by atoms with van der Waals surface area (Å²) in [5.74, 6) is -5.63. The molecule has 2 aliphatic heterocycles. The number of aliphatic hydroxyl groups excluding tert-OH is 1. The molecule has 2 heterocycles. The van der Waals surface area contributed by atoms with Gasteiger partial charge >= 0.3 is 11.9 Å². The second-order valence-corrected chi connectivity index (χ2v) is 11.6. The van der Waals surface area contributed by atoms with Gasteiger partial charge in [0.25, 0.3) is 0 Å². The number of aliphatic imine (C=N–C) groups is 1. The number of ketones is 3. The molecule has 1 saturated heterocycles. The number of carbonyl (C=O) groups excluding carboxylic acids is 4. The van der Waals surface area contributed by atoms with Crippen LogP contribution in [0.4, 0.5) is 8.78 Å². The lowest BCUT2D eigenvalue weighted by Crippen LogP contribution is -2.47. The number of rotatable bonds is 19. The van der Waals surface area contributed by atoms with Crippen LogP contribution in [0.1, 0.15) is 52.4 Å². The third-order valence-corrected chi connectivity index (χ3v) is 7.71. The van der Waals surface area contributed by atoms with E-state index >= 15 is 0 Å². The smallest absolute Gasteiger partial charge is 0.320 e. The van der Waals surface area contributed by atoms with Crippen molar-refractivity contribution >= 4 is 40.9 Å². The molecule has 0 aliphatic carbocycles. The molecule has 236 valence electrons. The molecule has 11 nitrogen and oxygen atoms in total. The van der Waals surface area contributed by atoms with Crippen LogP contribution in [-0.4, -0.2) is 95.3 Å². The molecule has 42 heavy (non-hydrogen) atoms. The second kappa shape index (κ2) is 16.8. The largest absolute Gasteiger partial charge is 0.462 e. The maximum Gasteiger partial charge on any atom is 0.320 e. The summed E-state index contributed by atoms with van der Waals surface area (Å²) in [6, 6.07) is 0. The molecule has 0 amide bonds. The molecule has 3 N–H and O–H groups in total. The van der Waals surface area contributed by atoms with Crippen molar-refractivity contribution in [2.75, 3.05) is 31.8 Å². The Balaban J connectivity index is 1.75. The Labute approximate surface area is 248 Å². The standard InChI is InChI=1S/C28H41F2N3O8S/c1-17(2)25(37)19(8-6-5-7-9-20(34)13-39-4)12-21(35)15-42-16-24(36)40-14-22-26(38)28(29,30)27(41-22)33-11-10-23(31)32-18(33)3/h10-11,17,19,22,26-27,38H,3,5-9,12-16H2,1-2,4H3,(H2,31,32)/t19?,22-,26?,27-/m1/s1. The molecule has 2 rings (SSSR count). The molecule has 0 spiro atoms. The number of methoxy groups -OCH3 is 1. The van der Waals surface area contributed by atoms with Crippen LogP contribution in [0.3, 0.4) is 0 Å². The van der Waals surface area contributed by atoms with E-state index in [1.165, 1.54) is 19.4 Å². The molecule has 0 aromatic carbocycles. The molecular weight excluding hydrogens is 576 g/mol. The van der Waals surface area contributed by atoms with E-state index in [0.717, 1.165) is 23.1 Å². The number of Topliss-reactive ketones (excluding diaryl/α,β-unsaturated/α-hetero) is 3. The second-order valence-electron chi connectivity index (χ2n) is 10.6. The van der Waals surface area contributed by atoms with E-state index < -0.39 is 42.9 Å². The maximum atomic E-state index is 14.7. The highest BCUT2D eigenvalue weighted by atomic mass is 32.2. The zero-order chi connectivity index (χ0) is 31.4. The highest BCUT2D eigenvalue weighted by Crippen LogP contribution is 2.40. The molecule has 0 radical (unpaired) electrons. The normalized spacial score (nSPS) is 22.3. The number of hydrogen-bond donors (Lipinski definition) is 2. The number of unbranched alkanes of at least 4 members (excludes halogenated alkanes) is 2. The lowest BCUT2D eigenvalue weighted by Gasteiger charge is -2.31. The summed E-state index contributed by atoms with van der Waals surface area (Å²) in [5.41, 5.74) is 5.53. The number of hydrogen-bond acceptors (Lipinski definition) is 12. The number of thioether (sulfide) groups is 1. The van der Waals surface area contributed by atoms with Crippen molar-refractivity contribution in [1.29, 1.82) is 0 Å². The van der Waals surface area contributed by atoms with E-state index in [2.05, 4.69) is 11.6 Å². The van der Waals surface area contributed by atoms with Crippen LogP contribution >= 0.6 is 11.8 Å². The van der Waals surface area contributed by atoms with Crippen LogP contribution in [0, 0.1) is 11.8 Å². The number of esters is 1. The molecule has 0 aromatic rings. The van der Waals surface area contributed by atoms with Crippen LogP contribution in [0.2, 0.25) is 0 Å². The van der Waals surface area contributed by atoms with Crippen LogP contribution in [0.15, 0.2) is 29.7 Å². The number of nitrogens with zero attached hydrogens (tertiary/aromatic N) is 2. The highest BCUT2D eigenvalue weighted by molar-refractivity contribution is 8.00. The van der Waals surface area contributed by atoms with E-state index in [0.29, 0.717) is 25.7 Å². The minimum absolute atomic E-state index is 0.00710. The van der Waals surface area contributed by atoms with E-state index in [4.69, 9.17) is 19.9 Å². The number of amidine groups is 1. The zero-order valence-electron chi connectivity index (χ0n) is 24.3. The van der Waals surface area contributed by atoms with E-state index in [1.807, 2.05) is 0 Å². The first-order valence-corrected chi connectivity index (χ1v) is 14.9. The van der Waals surface area contributed by atoms with Gasteiger partial charge in [0.15, 0.2) is 11.9 Å². The van der Waals surface area contributed by atoms with E-state index in [1.54, 1.807) is 13.8 Å². The average molecular weight is 618 g/mol. The van der Waals surface area contributed by atoms with Crippen molar-refractivity contribution in [2.45, 2.75) is 76.7 Å². The van der Waals surface area contributed by atoms with Gasteiger partial charge in [0.2, 0.25) is 6.23 Å². The third kappa shape index (κ3) is 10.5. The van der Waals surface area contributed by atoms with Crippen molar-refractivity contribution in [3.63, 3.8) is 0 Å². The quantitative estimate of drug-likeness (QED) is 0.162. The molecule has 4 atom stereocenters. The Bertz CT molecular complexity index is 1050. The molecule has 0 saturated carbocycles. The highest BCUT2D eigenvalue weighted by Gasteiger charge is 2.61. The van der Waals surface area contributed by atoms with Crippen molar-refractivity contribution in [1.82, 2.24) is 4.90 Å². The summed E-state index contributed by atoms with van der Waals surface area (Å²) in [6.45, 7) is 6.57. The Kier molecular flexibility index (Phi) is 14.2. The summed E-state index contributed by atoms with van der Waals surface area (Å²) in [6.07, 6.45) is -0.0648. The molecule has 2 unspecified atom stereocenters. The summed E-state index contributed by atoms with van der Waals surface area (Å²) in [4.78, 5) is 53.7. The Hall–Kier alpha value is -2.68. The number of carbonyl (C=O) groups is 4. The zero-order valence-corrected chi connectivity index (χ0v) is 25.1. The van der Waals surface area contributed by atoms with Gasteiger partial charge in [-0.1, -0.05) is 33.3 Å². The fourth-order valence-electron chi connectivity index (χ4n) is 4.54. The number of ether oxygens (including phenoxy) is 3. The first-order valence-electron chi connectivity index (χ1n) is 13.8. The SMILES string of the molecule is C=C1N=C(N)C=CN1[C@@H]1O[C@H](COC(=O)CSCC(=O)CC(CCCCCC(=O)COC)C(=O)C(C)C)C(O)C1(F)F. The summed E-state index contributed by atoms with van der Waals surface area (Å²) < 4.78 is 44.6. The number of aliphatic hydroxyl groups is 1. The van der Waals surface area contributed by atoms with Gasteiger partial charge < -0.3 is 30.0 Å². The molecule has 1 fully saturated rings. The Morgan fingerprint density at radius 2 is 1.93 bits per heavy atom. The van der Waals surface area contributed by atoms with Crippen LogP contribution in [-0.2, 0) is 33.4 Å². The van der Waals surface area contributed by atoms with Crippen LogP contribution < -0.4 is 5.73 Å². The van der Waals surface area contributed by atoms with E-state index in [-0.39, 0.29) is 59.5 Å². The molecule has 0 bridgehead atoms. The lowest BCUT2D eigenvalue weighted by molar-refractivity contribution is -0.151. The minimum Gasteiger partial charge on any atom is -0.462 e. The number of alkyl halides is 2. The van der Waals surface area contributed by atoms with Gasteiger partial charge in [-0.05, 0) is 18.9 Å². The summed E-state index contributed by atoms with van der Waals surface area (Å²) in [5, 5.41) is 10.1. The van der Waals surface area contributed by atoms with Crippen molar-refractivity contribution < 1.29 is 47.3 Å². The van der Waals surface area contributed by atoms with Crippen LogP contribution in [0.5, 0.6) is 0 Å². The molecule has 2 aliphatic rings. The monoisotopic (exact) mass is 617 g/mol. The summed E-state index contributed by atoms with van der Waals surface area (Å²) in [7, 11) is 1.47. The van der Waals surface area contributed by atoms with Gasteiger partial charge in [-0.25, -0.2) is 4.99 Å². The summed E-state index contributed by atoms with van der Waals surface area (Å²) >= 11 is 0.986. The van der Waals surface area contributed by atoms with E-state index in [9.17, 15) is 33.1 Å². The number of halogens is 2. The van der Waals surface area contributed by atoms with Gasteiger partial charge in [-0.3, -0.25) is 19.2 Å². The molecular formula is C28H41F2N3O8S. The van der Waals surface area contributed by atoms with Gasteiger partial charge in [0, 0.05) is 38.0 Å². The van der Waals surface area contributed by atoms with Crippen molar-refractivity contribution in [3.05, 3.63) is 24.7 Å². The fraction of sp³-hybridized carbons (Fsp3) is 0.679. The minimum atomic E-state index is -3.72. The fourth-order valence-corrected chi connectivity index (χ4v) is 5.24. The van der Waals surface area contributed by atoms with Gasteiger partial charge in [-0.15, -0.1) is 11.8 Å². The lowest BCUT2D eigenvalue weighted by atomic mass is 9.87. The number of nitrogens with two attached hydrogens (primary N) is 1. The predicted molar refractivity (Wildman–Crippen MR) is 153 cm³/mol. The average Bonchev–Trinajstić information content (AvgIpc) is 3.14. The predicted octanol–water partition coefficient (Wildman–Crippen LogP) is 2.61. The Morgan fingerprint density at radius 3 is 2.57 bits per heavy atom. The van der Waals surface area contributed by atoms with Crippen LogP contribution in [0.25, 0.3) is 0 Å².